The van der Waals surface area contributed by atoms with Gasteiger partial charge in [-0.2, -0.15) is 0 Å². The summed E-state index contributed by atoms with van der Waals surface area (Å²) in [5.74, 6) is 0. The fourth-order valence-corrected chi connectivity index (χ4v) is 0.596. The molecule has 0 radical (unpaired) electrons. The molecule has 0 fully saturated rings. The lowest BCUT2D eigenvalue weighted by atomic mass is 10.1. The maximum atomic E-state index is 5.76. The van der Waals surface area contributed by atoms with Gasteiger partial charge in [-0.1, -0.05) is 0 Å². The van der Waals surface area contributed by atoms with Crippen LogP contribution in [0.1, 0.15) is 27.7 Å². The third-order valence-corrected chi connectivity index (χ3v) is 2.38. The summed E-state index contributed by atoms with van der Waals surface area (Å²) in [5.41, 5.74) is 5.53. The van der Waals surface area contributed by atoms with Gasteiger partial charge in [-0.25, -0.2) is 0 Å². The highest BCUT2D eigenvalue weighted by Gasteiger charge is 2.20. The lowest BCUT2D eigenvalue weighted by molar-refractivity contribution is 0.0267. The molecular formula is C8H19NOS. The van der Waals surface area contributed by atoms with E-state index in [1.807, 2.05) is 34.0 Å². The van der Waals surface area contributed by atoms with E-state index < -0.39 is 0 Å². The quantitative estimate of drug-likeness (QED) is 0.665. The summed E-state index contributed by atoms with van der Waals surface area (Å²) in [6.45, 7) is 8.61. The highest BCUT2D eigenvalue weighted by molar-refractivity contribution is 7.99. The van der Waals surface area contributed by atoms with Gasteiger partial charge in [0.2, 0.25) is 0 Å². The highest BCUT2D eigenvalue weighted by atomic mass is 32.2. The zero-order chi connectivity index (χ0) is 9.12. The van der Waals surface area contributed by atoms with Crippen LogP contribution in [0.2, 0.25) is 0 Å². The first-order valence-corrected chi connectivity index (χ1v) is 4.97. The molecule has 0 rings (SSSR count). The lowest BCUT2D eigenvalue weighted by Crippen LogP contribution is -2.40. The summed E-state index contributed by atoms with van der Waals surface area (Å²) in [4.78, 5) is -0.114. The van der Waals surface area contributed by atoms with E-state index in [9.17, 15) is 0 Å². The standard InChI is InChI=1S/C8H19NOS/c1-7(2,9)6-10-8(3,4)11-5/h6,9H2,1-5H3. The molecule has 2 N–H and O–H groups in total. The van der Waals surface area contributed by atoms with Crippen LogP contribution < -0.4 is 5.73 Å². The molecule has 0 saturated carbocycles. The molecule has 0 aliphatic carbocycles. The Kier molecular flexibility index (Phi) is 3.88. The summed E-state index contributed by atoms with van der Waals surface area (Å²) < 4.78 is 5.58. The van der Waals surface area contributed by atoms with Crippen molar-refractivity contribution in [2.75, 3.05) is 12.9 Å². The van der Waals surface area contributed by atoms with Gasteiger partial charge < -0.3 is 10.5 Å². The Labute approximate surface area is 73.9 Å². The van der Waals surface area contributed by atoms with Gasteiger partial charge in [0, 0.05) is 5.54 Å². The predicted octanol–water partition coefficient (Wildman–Crippen LogP) is 1.84. The molecule has 0 amide bonds. The van der Waals surface area contributed by atoms with Crippen molar-refractivity contribution in [3.05, 3.63) is 0 Å². The summed E-state index contributed by atoms with van der Waals surface area (Å²) in [6.07, 6.45) is 2.03. The largest absolute Gasteiger partial charge is 0.363 e. The van der Waals surface area contributed by atoms with E-state index in [1.165, 1.54) is 0 Å². The number of nitrogens with two attached hydrogens (primary N) is 1. The molecule has 11 heavy (non-hydrogen) atoms. The molecule has 0 aromatic carbocycles. The smallest absolute Gasteiger partial charge is 0.107 e. The van der Waals surface area contributed by atoms with Crippen LogP contribution in [0.3, 0.4) is 0 Å². The second-order valence-corrected chi connectivity index (χ2v) is 5.27. The average molecular weight is 177 g/mol. The fraction of sp³-hybridized carbons (Fsp3) is 1.00. The third-order valence-electron chi connectivity index (χ3n) is 1.28. The van der Waals surface area contributed by atoms with Crippen molar-refractivity contribution >= 4 is 11.8 Å². The van der Waals surface area contributed by atoms with E-state index in [2.05, 4.69) is 0 Å². The average Bonchev–Trinajstić information content (AvgIpc) is 1.83. The van der Waals surface area contributed by atoms with Gasteiger partial charge in [0.05, 0.1) is 6.61 Å². The molecule has 0 heterocycles. The van der Waals surface area contributed by atoms with Gasteiger partial charge in [-0.05, 0) is 34.0 Å². The zero-order valence-corrected chi connectivity index (χ0v) is 8.92. The molecule has 0 saturated heterocycles. The van der Waals surface area contributed by atoms with Gasteiger partial charge in [-0.3, -0.25) is 0 Å². The highest BCUT2D eigenvalue weighted by Crippen LogP contribution is 2.23. The van der Waals surface area contributed by atoms with Crippen LogP contribution in [-0.4, -0.2) is 23.3 Å². The van der Waals surface area contributed by atoms with Gasteiger partial charge in [-0.15, -0.1) is 11.8 Å². The van der Waals surface area contributed by atoms with Crippen LogP contribution in [0.5, 0.6) is 0 Å². The molecular weight excluding hydrogens is 158 g/mol. The molecule has 0 bridgehead atoms. The van der Waals surface area contributed by atoms with Crippen LogP contribution in [0, 0.1) is 0 Å². The summed E-state index contributed by atoms with van der Waals surface area (Å²) >= 11 is 1.69. The van der Waals surface area contributed by atoms with Crippen LogP contribution in [0.4, 0.5) is 0 Å². The Balaban J connectivity index is 3.70. The molecule has 0 aromatic rings. The van der Waals surface area contributed by atoms with Crippen molar-refractivity contribution in [3.63, 3.8) is 0 Å². The van der Waals surface area contributed by atoms with Crippen LogP contribution >= 0.6 is 11.8 Å². The summed E-state index contributed by atoms with van der Waals surface area (Å²) in [5, 5.41) is 0. The summed E-state index contributed by atoms with van der Waals surface area (Å²) in [6, 6.07) is 0. The molecule has 0 aromatic heterocycles. The van der Waals surface area contributed by atoms with Crippen molar-refractivity contribution < 1.29 is 4.74 Å². The van der Waals surface area contributed by atoms with Crippen LogP contribution in [-0.2, 0) is 4.74 Å². The zero-order valence-electron chi connectivity index (χ0n) is 8.10. The Hall–Kier alpha value is 0.270. The molecule has 0 spiro atoms. The Morgan fingerprint density at radius 3 is 2.00 bits per heavy atom. The van der Waals surface area contributed by atoms with E-state index in [1.54, 1.807) is 11.8 Å². The van der Waals surface area contributed by atoms with Gasteiger partial charge in [0.25, 0.3) is 0 Å². The van der Waals surface area contributed by atoms with Gasteiger partial charge in [0.1, 0.15) is 4.93 Å². The van der Waals surface area contributed by atoms with Crippen molar-refractivity contribution in [1.82, 2.24) is 0 Å². The number of ether oxygens (including phenoxy) is 1. The van der Waals surface area contributed by atoms with E-state index in [4.69, 9.17) is 10.5 Å². The van der Waals surface area contributed by atoms with Crippen molar-refractivity contribution in [2.45, 2.75) is 38.2 Å². The first-order chi connectivity index (χ1) is 4.77. The van der Waals surface area contributed by atoms with Gasteiger partial charge >= 0.3 is 0 Å². The van der Waals surface area contributed by atoms with Gasteiger partial charge in [0.15, 0.2) is 0 Å². The third kappa shape index (κ3) is 6.66. The second-order valence-electron chi connectivity index (χ2n) is 3.88. The topological polar surface area (TPSA) is 35.2 Å². The lowest BCUT2D eigenvalue weighted by Gasteiger charge is -2.28. The summed E-state index contributed by atoms with van der Waals surface area (Å²) in [7, 11) is 0. The number of hydrogen-bond acceptors (Lipinski definition) is 3. The first-order valence-electron chi connectivity index (χ1n) is 3.75. The minimum atomic E-state index is -0.229. The van der Waals surface area contributed by atoms with Crippen molar-refractivity contribution in [3.8, 4) is 0 Å². The fourth-order valence-electron chi connectivity index (χ4n) is 0.419. The molecule has 3 heteroatoms. The van der Waals surface area contributed by atoms with E-state index in [-0.39, 0.29) is 10.5 Å². The molecule has 0 atom stereocenters. The number of rotatable bonds is 4. The van der Waals surface area contributed by atoms with Crippen molar-refractivity contribution in [2.24, 2.45) is 5.73 Å². The van der Waals surface area contributed by atoms with Crippen LogP contribution in [0.15, 0.2) is 0 Å². The predicted molar refractivity (Wildman–Crippen MR) is 51.8 cm³/mol. The Bertz CT molecular complexity index is 118. The molecule has 0 unspecified atom stereocenters. The number of thioether (sulfide) groups is 1. The molecule has 68 valence electrons. The first kappa shape index (κ1) is 11.3. The monoisotopic (exact) mass is 177 g/mol. The van der Waals surface area contributed by atoms with E-state index in [0.717, 1.165) is 0 Å². The Morgan fingerprint density at radius 1 is 1.27 bits per heavy atom. The number of hydrogen-bond donors (Lipinski definition) is 1. The Morgan fingerprint density at radius 2 is 1.73 bits per heavy atom. The minimum Gasteiger partial charge on any atom is -0.363 e. The second kappa shape index (κ2) is 3.78. The molecule has 2 nitrogen and oxygen atoms in total. The normalized spacial score (nSPS) is 13.6. The molecule has 0 aliphatic heterocycles. The minimum absolute atomic E-state index is 0.114. The van der Waals surface area contributed by atoms with Crippen molar-refractivity contribution in [1.29, 1.82) is 0 Å². The van der Waals surface area contributed by atoms with Crippen LogP contribution in [0.25, 0.3) is 0 Å². The van der Waals surface area contributed by atoms with E-state index in [0.29, 0.717) is 6.61 Å². The molecule has 0 aliphatic rings. The maximum absolute atomic E-state index is 5.76. The maximum Gasteiger partial charge on any atom is 0.107 e. The van der Waals surface area contributed by atoms with E-state index >= 15 is 0 Å². The SMILES string of the molecule is CSC(C)(C)OCC(C)(C)N.